The molecule has 0 radical (unpaired) electrons. The molecule has 0 saturated heterocycles. The van der Waals surface area contributed by atoms with Crippen molar-refractivity contribution in [2.45, 2.75) is 12.8 Å². The summed E-state index contributed by atoms with van der Waals surface area (Å²) in [5.41, 5.74) is 3.11. The number of hydrogen-bond donors (Lipinski definition) is 2. The van der Waals surface area contributed by atoms with E-state index < -0.39 is 0 Å². The Kier molecular flexibility index (Phi) is 6.16. The Morgan fingerprint density at radius 3 is 2.82 bits per heavy atom. The molecule has 0 unspecified atom stereocenters. The molecule has 6 heteroatoms. The lowest BCUT2D eigenvalue weighted by Crippen LogP contribution is -2.29. The number of hydrazine groups is 1. The highest BCUT2D eigenvalue weighted by Crippen LogP contribution is 1.99. The van der Waals surface area contributed by atoms with Crippen LogP contribution in [-0.4, -0.2) is 36.0 Å². The molecule has 6 nitrogen and oxygen atoms in total. The third kappa shape index (κ3) is 5.96. The minimum Gasteiger partial charge on any atom is -0.356 e. The first-order valence-corrected chi connectivity index (χ1v) is 5.45. The minimum absolute atomic E-state index is 0.317. The molecule has 17 heavy (non-hydrogen) atoms. The van der Waals surface area contributed by atoms with Crippen LogP contribution in [-0.2, 0) is 16.1 Å². The number of nitrogens with one attached hydrogen (secondary N) is 1. The molecule has 1 rings (SSSR count). The van der Waals surface area contributed by atoms with E-state index in [4.69, 9.17) is 5.84 Å². The van der Waals surface area contributed by atoms with Crippen molar-refractivity contribution in [3.63, 3.8) is 0 Å². The van der Waals surface area contributed by atoms with Crippen molar-refractivity contribution >= 4 is 5.97 Å². The number of carbonyl (C=O) groups excluding carboxylic acids is 1. The molecule has 0 aliphatic rings. The van der Waals surface area contributed by atoms with Crippen LogP contribution in [0.2, 0.25) is 0 Å². The van der Waals surface area contributed by atoms with Crippen LogP contribution in [0, 0.1) is 0 Å². The van der Waals surface area contributed by atoms with E-state index in [0.717, 1.165) is 13.0 Å². The summed E-state index contributed by atoms with van der Waals surface area (Å²) in [4.78, 5) is 21.5. The molecule has 0 spiro atoms. The molecule has 0 aliphatic heterocycles. The van der Waals surface area contributed by atoms with E-state index in [1.807, 2.05) is 24.8 Å². The molecular weight excluding hydrogens is 220 g/mol. The van der Waals surface area contributed by atoms with E-state index in [2.05, 4.69) is 14.7 Å². The Hall–Kier alpha value is -1.50. The third-order valence-corrected chi connectivity index (χ3v) is 2.40. The van der Waals surface area contributed by atoms with Gasteiger partial charge in [0.05, 0.1) is 6.42 Å². The van der Waals surface area contributed by atoms with Crippen LogP contribution >= 0.6 is 0 Å². The summed E-state index contributed by atoms with van der Waals surface area (Å²) in [5.74, 6) is 4.50. The zero-order chi connectivity index (χ0) is 12.5. The number of pyridine rings is 1. The molecule has 0 bridgehead atoms. The maximum absolute atomic E-state index is 11.0. The Morgan fingerprint density at radius 1 is 1.47 bits per heavy atom. The smallest absolute Gasteiger partial charge is 0.327 e. The highest BCUT2D eigenvalue weighted by molar-refractivity contribution is 5.69. The Bertz CT molecular complexity index is 332. The van der Waals surface area contributed by atoms with Gasteiger partial charge in [-0.15, -0.1) is 0 Å². The Balaban J connectivity index is 2.17. The van der Waals surface area contributed by atoms with Gasteiger partial charge in [-0.3, -0.25) is 9.78 Å². The fraction of sp³-hybridized carbons (Fsp3) is 0.455. The Labute approximate surface area is 101 Å². The van der Waals surface area contributed by atoms with Gasteiger partial charge in [-0.1, -0.05) is 5.59 Å². The van der Waals surface area contributed by atoms with Gasteiger partial charge in [-0.05, 0) is 31.2 Å². The van der Waals surface area contributed by atoms with Crippen molar-refractivity contribution in [2.24, 2.45) is 5.84 Å². The van der Waals surface area contributed by atoms with Crippen LogP contribution in [0.5, 0.6) is 0 Å². The second-order valence-electron chi connectivity index (χ2n) is 3.75. The van der Waals surface area contributed by atoms with Crippen molar-refractivity contribution in [3.05, 3.63) is 30.1 Å². The highest BCUT2D eigenvalue weighted by atomic mass is 16.7. The maximum atomic E-state index is 11.0. The largest absolute Gasteiger partial charge is 0.356 e. The van der Waals surface area contributed by atoms with Gasteiger partial charge in [-0.2, -0.15) is 0 Å². The van der Waals surface area contributed by atoms with Crippen molar-refractivity contribution in [1.82, 2.24) is 15.5 Å². The summed E-state index contributed by atoms with van der Waals surface area (Å²) in [6, 6.07) is 3.97. The summed E-state index contributed by atoms with van der Waals surface area (Å²) in [6.07, 6.45) is 4.81. The van der Waals surface area contributed by atoms with Crippen LogP contribution in [0.25, 0.3) is 0 Å². The SMILES string of the molecule is CN(CCC(=O)ONN)CCc1ccncc1. The van der Waals surface area contributed by atoms with Crippen LogP contribution in [0.15, 0.2) is 24.5 Å². The highest BCUT2D eigenvalue weighted by Gasteiger charge is 2.05. The molecule has 1 heterocycles. The topological polar surface area (TPSA) is 80.5 Å². The summed E-state index contributed by atoms with van der Waals surface area (Å²) in [6.45, 7) is 1.53. The predicted molar refractivity (Wildman–Crippen MR) is 63.5 cm³/mol. The molecule has 1 aromatic heterocycles. The van der Waals surface area contributed by atoms with Crippen LogP contribution in [0.4, 0.5) is 0 Å². The Morgan fingerprint density at radius 2 is 2.18 bits per heavy atom. The summed E-state index contributed by atoms with van der Waals surface area (Å²) in [7, 11) is 1.96. The van der Waals surface area contributed by atoms with Gasteiger partial charge in [-0.25, -0.2) is 5.84 Å². The van der Waals surface area contributed by atoms with Gasteiger partial charge in [0.15, 0.2) is 0 Å². The average molecular weight is 238 g/mol. The zero-order valence-corrected chi connectivity index (χ0v) is 9.93. The van der Waals surface area contributed by atoms with E-state index in [0.29, 0.717) is 13.0 Å². The first-order chi connectivity index (χ1) is 8.22. The van der Waals surface area contributed by atoms with Crippen LogP contribution in [0.1, 0.15) is 12.0 Å². The van der Waals surface area contributed by atoms with Crippen molar-refractivity contribution in [3.8, 4) is 0 Å². The lowest BCUT2D eigenvalue weighted by Gasteiger charge is -2.15. The minimum atomic E-state index is -0.358. The third-order valence-electron chi connectivity index (χ3n) is 2.40. The number of nitrogens with zero attached hydrogens (tertiary/aromatic N) is 2. The van der Waals surface area contributed by atoms with Crippen LogP contribution < -0.4 is 11.4 Å². The van der Waals surface area contributed by atoms with E-state index in [1.165, 1.54) is 5.56 Å². The summed E-state index contributed by atoms with van der Waals surface area (Å²) >= 11 is 0. The number of hydrogen-bond acceptors (Lipinski definition) is 6. The van der Waals surface area contributed by atoms with E-state index in [-0.39, 0.29) is 5.97 Å². The zero-order valence-electron chi connectivity index (χ0n) is 9.93. The fourth-order valence-electron chi connectivity index (χ4n) is 1.38. The molecule has 0 amide bonds. The molecule has 3 N–H and O–H groups in total. The van der Waals surface area contributed by atoms with Gasteiger partial charge >= 0.3 is 5.97 Å². The number of likely N-dealkylation sites (N-methyl/N-ethyl adjacent to an activating group) is 1. The van der Waals surface area contributed by atoms with E-state index >= 15 is 0 Å². The summed E-state index contributed by atoms with van der Waals surface area (Å²) < 4.78 is 0. The quantitative estimate of drug-likeness (QED) is 0.508. The maximum Gasteiger partial charge on any atom is 0.327 e. The molecule has 0 saturated carbocycles. The number of carbonyl (C=O) groups is 1. The molecule has 1 aromatic rings. The molecule has 0 aromatic carbocycles. The summed E-state index contributed by atoms with van der Waals surface area (Å²) in [5, 5.41) is 0. The van der Waals surface area contributed by atoms with Crippen molar-refractivity contribution in [1.29, 1.82) is 0 Å². The van der Waals surface area contributed by atoms with Gasteiger partial charge < -0.3 is 9.74 Å². The lowest BCUT2D eigenvalue weighted by molar-refractivity contribution is -0.151. The second kappa shape index (κ2) is 7.72. The number of rotatable bonds is 7. The van der Waals surface area contributed by atoms with E-state index in [9.17, 15) is 4.79 Å². The number of aromatic nitrogens is 1. The second-order valence-corrected chi connectivity index (χ2v) is 3.75. The molecule has 0 fully saturated rings. The first-order valence-electron chi connectivity index (χ1n) is 5.45. The molecular formula is C11H18N4O2. The van der Waals surface area contributed by atoms with Gasteiger partial charge in [0, 0.05) is 25.5 Å². The lowest BCUT2D eigenvalue weighted by atomic mass is 10.2. The average Bonchev–Trinajstić information content (AvgIpc) is 2.35. The predicted octanol–water partition coefficient (Wildman–Crippen LogP) is -0.132. The molecule has 94 valence electrons. The van der Waals surface area contributed by atoms with Crippen molar-refractivity contribution < 1.29 is 9.63 Å². The normalized spacial score (nSPS) is 10.5. The first kappa shape index (κ1) is 13.6. The van der Waals surface area contributed by atoms with E-state index in [1.54, 1.807) is 12.4 Å². The standard InChI is InChI=1S/C11H18N4O2/c1-15(9-5-11(16)17-14-12)8-4-10-2-6-13-7-3-10/h2-3,6-7,14H,4-5,8-9,12H2,1H3. The number of nitrogens with two attached hydrogens (primary N) is 1. The van der Waals surface area contributed by atoms with Gasteiger partial charge in [0.25, 0.3) is 0 Å². The molecule has 0 aliphatic carbocycles. The van der Waals surface area contributed by atoms with Gasteiger partial charge in [0.1, 0.15) is 0 Å². The monoisotopic (exact) mass is 238 g/mol. The van der Waals surface area contributed by atoms with Crippen LogP contribution in [0.3, 0.4) is 0 Å². The fourth-order valence-corrected chi connectivity index (χ4v) is 1.38. The molecule has 0 atom stereocenters. The van der Waals surface area contributed by atoms with Crippen molar-refractivity contribution in [2.75, 3.05) is 20.1 Å². The van der Waals surface area contributed by atoms with Gasteiger partial charge in [0.2, 0.25) is 0 Å².